The minimum Gasteiger partial charge on any atom is -0.396 e. The summed E-state index contributed by atoms with van der Waals surface area (Å²) in [6.45, 7) is 9.03. The van der Waals surface area contributed by atoms with Gasteiger partial charge in [0.15, 0.2) is 0 Å². The van der Waals surface area contributed by atoms with Gasteiger partial charge >= 0.3 is 0 Å². The molecule has 30 heavy (non-hydrogen) atoms. The second-order valence-electron chi connectivity index (χ2n) is 12.5. The van der Waals surface area contributed by atoms with E-state index in [-0.39, 0.29) is 6.61 Å². The average molecular weight is 419 g/mol. The Balaban J connectivity index is 1.47. The zero-order chi connectivity index (χ0) is 21.7. The van der Waals surface area contributed by atoms with Crippen LogP contribution in [-0.2, 0) is 0 Å². The molecule has 3 heteroatoms. The fourth-order valence-corrected chi connectivity index (χ4v) is 8.54. The summed E-state index contributed by atoms with van der Waals surface area (Å²) in [4.78, 5) is 0. The molecule has 4 aliphatic rings. The third-order valence-electron chi connectivity index (χ3n) is 10.1. The smallest absolute Gasteiger partial charge is 0.0706 e. The summed E-state index contributed by atoms with van der Waals surface area (Å²) in [5.74, 6) is 4.67. The Labute approximate surface area is 184 Å². The molecule has 3 saturated carbocycles. The zero-order valence-electron chi connectivity index (χ0n) is 19.9. The second-order valence-corrected chi connectivity index (χ2v) is 12.5. The molecule has 3 fully saturated rings. The molecule has 0 aromatic rings. The Hall–Kier alpha value is -0.380. The molecule has 0 amide bonds. The topological polar surface area (TPSA) is 60.7 Å². The van der Waals surface area contributed by atoms with E-state index in [0.717, 1.165) is 55.8 Å². The number of hydrogen-bond acceptors (Lipinski definition) is 3. The van der Waals surface area contributed by atoms with E-state index in [1.807, 2.05) is 13.8 Å². The van der Waals surface area contributed by atoms with Gasteiger partial charge in [0.2, 0.25) is 0 Å². The average Bonchev–Trinajstić information content (AvgIpc) is 3.02. The fraction of sp³-hybridized carbons (Fsp3) is 0.926. The molecule has 4 aliphatic carbocycles. The lowest BCUT2D eigenvalue weighted by molar-refractivity contribution is -0.0518. The normalized spacial score (nSPS) is 44.6. The van der Waals surface area contributed by atoms with E-state index in [0.29, 0.717) is 23.7 Å². The van der Waals surface area contributed by atoms with Gasteiger partial charge in [-0.05, 0) is 125 Å². The molecule has 4 rings (SSSR count). The molecule has 8 atom stereocenters. The molecule has 0 unspecified atom stereocenters. The maximum atomic E-state index is 10.9. The van der Waals surface area contributed by atoms with Crippen LogP contribution in [0.3, 0.4) is 0 Å². The standard InChI is InChI=1S/C27H46O3/c1-18(9-12-25(2,3)29)23-7-8-24-22-6-5-19-17-27(30,15-16-28)14-11-20(19)21(22)10-13-26(23,24)4/h5,18,20-24,28-30H,6-17H2,1-4H3/t18-,20+,21-,22-,23-,24+,26-,27-/m1/s1. The van der Waals surface area contributed by atoms with Crippen molar-refractivity contribution in [1.82, 2.24) is 0 Å². The minimum atomic E-state index is -0.665. The predicted octanol–water partition coefficient (Wildman–Crippen LogP) is 5.48. The SMILES string of the molecule is C[C@H](CCC(C)(C)O)[C@H]1CC[C@H]2[C@@H]3CC=C4C[C@](O)(CCO)CC[C@@H]4[C@H]3CC[C@]12C. The highest BCUT2D eigenvalue weighted by molar-refractivity contribution is 5.22. The van der Waals surface area contributed by atoms with Gasteiger partial charge in [-0.25, -0.2) is 0 Å². The van der Waals surface area contributed by atoms with Crippen molar-refractivity contribution in [3.63, 3.8) is 0 Å². The van der Waals surface area contributed by atoms with Gasteiger partial charge in [-0.1, -0.05) is 25.5 Å². The molecule has 0 spiro atoms. The van der Waals surface area contributed by atoms with Crippen LogP contribution in [0.15, 0.2) is 11.6 Å². The third-order valence-corrected chi connectivity index (χ3v) is 10.1. The molecule has 3 nitrogen and oxygen atoms in total. The molecule has 0 saturated heterocycles. The summed E-state index contributed by atoms with van der Waals surface area (Å²) < 4.78 is 0. The van der Waals surface area contributed by atoms with Gasteiger partial charge in [0.25, 0.3) is 0 Å². The van der Waals surface area contributed by atoms with Crippen molar-refractivity contribution in [3.05, 3.63) is 11.6 Å². The highest BCUT2D eigenvalue weighted by Crippen LogP contribution is 2.65. The number of allylic oxidation sites excluding steroid dienone is 1. The Morgan fingerprint density at radius 1 is 1.13 bits per heavy atom. The number of fused-ring (bicyclic) bond motifs is 5. The first kappa shape index (κ1) is 22.8. The number of hydrogen-bond donors (Lipinski definition) is 3. The van der Waals surface area contributed by atoms with E-state index in [2.05, 4.69) is 19.9 Å². The van der Waals surface area contributed by atoms with Crippen LogP contribution in [0, 0.1) is 40.9 Å². The Bertz CT molecular complexity index is 649. The first-order valence-corrected chi connectivity index (χ1v) is 12.8. The van der Waals surface area contributed by atoms with Crippen LogP contribution in [0.2, 0.25) is 0 Å². The lowest BCUT2D eigenvalue weighted by Gasteiger charge is -2.55. The maximum Gasteiger partial charge on any atom is 0.0706 e. The van der Waals surface area contributed by atoms with E-state index in [1.54, 1.807) is 0 Å². The lowest BCUT2D eigenvalue weighted by Crippen LogP contribution is -2.48. The number of rotatable bonds is 6. The van der Waals surface area contributed by atoms with Crippen molar-refractivity contribution in [1.29, 1.82) is 0 Å². The van der Waals surface area contributed by atoms with Gasteiger partial charge in [0, 0.05) is 6.61 Å². The molecule has 0 aromatic heterocycles. The highest BCUT2D eigenvalue weighted by atomic mass is 16.3. The summed E-state index contributed by atoms with van der Waals surface area (Å²) in [5, 5.41) is 30.4. The summed E-state index contributed by atoms with van der Waals surface area (Å²) in [5.41, 5.74) is 0.767. The van der Waals surface area contributed by atoms with Crippen LogP contribution in [0.4, 0.5) is 0 Å². The van der Waals surface area contributed by atoms with Crippen molar-refractivity contribution in [2.75, 3.05) is 6.61 Å². The first-order valence-electron chi connectivity index (χ1n) is 12.8. The van der Waals surface area contributed by atoms with Crippen molar-refractivity contribution in [2.24, 2.45) is 40.9 Å². The fourth-order valence-electron chi connectivity index (χ4n) is 8.54. The molecule has 0 aliphatic heterocycles. The molecule has 3 N–H and O–H groups in total. The molecule has 0 bridgehead atoms. The Morgan fingerprint density at radius 2 is 1.90 bits per heavy atom. The maximum absolute atomic E-state index is 10.9. The molecule has 0 radical (unpaired) electrons. The lowest BCUT2D eigenvalue weighted by atomic mass is 9.50. The summed E-state index contributed by atoms with van der Waals surface area (Å²) in [7, 11) is 0. The van der Waals surface area contributed by atoms with Crippen molar-refractivity contribution in [2.45, 2.75) is 110 Å². The Morgan fingerprint density at radius 3 is 2.60 bits per heavy atom. The van der Waals surface area contributed by atoms with Crippen molar-refractivity contribution >= 4 is 0 Å². The summed E-state index contributed by atoms with van der Waals surface area (Å²) >= 11 is 0. The van der Waals surface area contributed by atoms with Gasteiger partial charge in [0.1, 0.15) is 0 Å². The van der Waals surface area contributed by atoms with Crippen LogP contribution in [0.5, 0.6) is 0 Å². The second kappa shape index (κ2) is 8.19. The van der Waals surface area contributed by atoms with Crippen molar-refractivity contribution in [3.8, 4) is 0 Å². The van der Waals surface area contributed by atoms with Gasteiger partial charge in [-0.3, -0.25) is 0 Å². The first-order chi connectivity index (χ1) is 14.1. The van der Waals surface area contributed by atoms with Crippen molar-refractivity contribution < 1.29 is 15.3 Å². The Kier molecular flexibility index (Phi) is 6.23. The van der Waals surface area contributed by atoms with E-state index >= 15 is 0 Å². The third kappa shape index (κ3) is 4.16. The van der Waals surface area contributed by atoms with Crippen LogP contribution >= 0.6 is 0 Å². The van der Waals surface area contributed by atoms with E-state index < -0.39 is 11.2 Å². The molecular weight excluding hydrogens is 372 g/mol. The minimum absolute atomic E-state index is 0.0912. The van der Waals surface area contributed by atoms with E-state index in [9.17, 15) is 15.3 Å². The van der Waals surface area contributed by atoms with Gasteiger partial charge in [-0.15, -0.1) is 0 Å². The largest absolute Gasteiger partial charge is 0.396 e. The van der Waals surface area contributed by atoms with Gasteiger partial charge < -0.3 is 15.3 Å². The van der Waals surface area contributed by atoms with Crippen LogP contribution in [0.1, 0.15) is 98.3 Å². The van der Waals surface area contributed by atoms with Crippen LogP contribution in [0.25, 0.3) is 0 Å². The molecule has 0 heterocycles. The number of aliphatic hydroxyl groups is 3. The van der Waals surface area contributed by atoms with Crippen LogP contribution in [-0.4, -0.2) is 33.1 Å². The zero-order valence-corrected chi connectivity index (χ0v) is 19.9. The quantitative estimate of drug-likeness (QED) is 0.501. The molecular formula is C27H46O3. The predicted molar refractivity (Wildman–Crippen MR) is 122 cm³/mol. The van der Waals surface area contributed by atoms with Crippen LogP contribution < -0.4 is 0 Å². The summed E-state index contributed by atoms with van der Waals surface area (Å²) in [6.07, 6.45) is 14.5. The monoisotopic (exact) mass is 418 g/mol. The van der Waals surface area contributed by atoms with Gasteiger partial charge in [0.05, 0.1) is 11.2 Å². The molecule has 172 valence electrons. The highest BCUT2D eigenvalue weighted by Gasteiger charge is 2.57. The summed E-state index contributed by atoms with van der Waals surface area (Å²) in [6, 6.07) is 0. The van der Waals surface area contributed by atoms with E-state index in [4.69, 9.17) is 0 Å². The molecule has 0 aromatic carbocycles. The number of aliphatic hydroxyl groups excluding tert-OH is 1. The van der Waals surface area contributed by atoms with E-state index in [1.165, 1.54) is 37.7 Å². The van der Waals surface area contributed by atoms with Gasteiger partial charge in [-0.2, -0.15) is 0 Å².